The highest BCUT2D eigenvalue weighted by molar-refractivity contribution is 5.09. The zero-order valence-electron chi connectivity index (χ0n) is 8.56. The van der Waals surface area contributed by atoms with Gasteiger partial charge in [0.1, 0.15) is 5.60 Å². The first-order valence-electron chi connectivity index (χ1n) is 4.90. The molecule has 2 N–H and O–H groups in total. The fourth-order valence-electron chi connectivity index (χ4n) is 2.09. The summed E-state index contributed by atoms with van der Waals surface area (Å²) in [4.78, 5) is 0. The van der Waals surface area contributed by atoms with E-state index in [1.54, 1.807) is 17.9 Å². The minimum absolute atomic E-state index is 0.250. The first-order valence-corrected chi connectivity index (χ1v) is 4.90. The average molecular weight is 196 g/mol. The van der Waals surface area contributed by atoms with Crippen LogP contribution in [0.4, 0.5) is 0 Å². The molecule has 0 bridgehead atoms. The predicted octanol–water partition coefficient (Wildman–Crippen LogP) is -0.368. The third-order valence-corrected chi connectivity index (χ3v) is 3.09. The van der Waals surface area contributed by atoms with Crippen molar-refractivity contribution in [2.24, 2.45) is 13.0 Å². The average Bonchev–Trinajstić information content (AvgIpc) is 2.72. The van der Waals surface area contributed by atoms with E-state index < -0.39 is 5.60 Å². The fourth-order valence-corrected chi connectivity index (χ4v) is 2.09. The summed E-state index contributed by atoms with van der Waals surface area (Å²) in [6.07, 6.45) is 2.64. The molecule has 2 unspecified atom stereocenters. The molecule has 0 amide bonds. The van der Waals surface area contributed by atoms with E-state index in [0.29, 0.717) is 0 Å². The minimum atomic E-state index is -0.832. The molecule has 0 aromatic carbocycles. The number of aliphatic hydroxyl groups is 1. The van der Waals surface area contributed by atoms with Gasteiger partial charge in [0.25, 0.3) is 0 Å². The van der Waals surface area contributed by atoms with Gasteiger partial charge in [0, 0.05) is 19.5 Å². The molecule has 5 nitrogen and oxygen atoms in total. The van der Waals surface area contributed by atoms with Crippen LogP contribution in [0.3, 0.4) is 0 Å². The first-order chi connectivity index (χ1) is 6.62. The molecule has 0 radical (unpaired) electrons. The maximum Gasteiger partial charge on any atom is 0.109 e. The molecule has 14 heavy (non-hydrogen) atoms. The van der Waals surface area contributed by atoms with Gasteiger partial charge >= 0.3 is 0 Å². The van der Waals surface area contributed by atoms with Crippen molar-refractivity contribution in [3.8, 4) is 0 Å². The standard InChI is InChI=1S/C9H16N4O/c1-9(14,7-3-4-10-5-7)8-6-11-12-13(8)2/h6-7,10,14H,3-5H2,1-2H3. The van der Waals surface area contributed by atoms with Gasteiger partial charge in [-0.05, 0) is 19.9 Å². The lowest BCUT2D eigenvalue weighted by Gasteiger charge is -2.28. The molecule has 5 heteroatoms. The van der Waals surface area contributed by atoms with Crippen molar-refractivity contribution in [1.29, 1.82) is 0 Å². The molecule has 1 aromatic rings. The second-order valence-corrected chi connectivity index (χ2v) is 4.08. The zero-order chi connectivity index (χ0) is 10.2. The van der Waals surface area contributed by atoms with Crippen molar-refractivity contribution in [2.45, 2.75) is 18.9 Å². The van der Waals surface area contributed by atoms with Crippen LogP contribution in [0.5, 0.6) is 0 Å². The first kappa shape index (κ1) is 9.61. The van der Waals surface area contributed by atoms with E-state index in [9.17, 15) is 5.11 Å². The van der Waals surface area contributed by atoms with Crippen molar-refractivity contribution < 1.29 is 5.11 Å². The Bertz CT molecular complexity index is 314. The van der Waals surface area contributed by atoms with Crippen LogP contribution in [-0.4, -0.2) is 33.2 Å². The van der Waals surface area contributed by atoms with Gasteiger partial charge in [-0.15, -0.1) is 5.10 Å². The van der Waals surface area contributed by atoms with Crippen molar-refractivity contribution in [3.63, 3.8) is 0 Å². The maximum atomic E-state index is 10.4. The van der Waals surface area contributed by atoms with E-state index in [1.165, 1.54) is 0 Å². The number of aryl methyl sites for hydroxylation is 1. The molecule has 2 heterocycles. The Morgan fingerprint density at radius 1 is 1.71 bits per heavy atom. The Morgan fingerprint density at radius 3 is 3.00 bits per heavy atom. The lowest BCUT2D eigenvalue weighted by atomic mass is 9.86. The highest BCUT2D eigenvalue weighted by Gasteiger charge is 2.37. The van der Waals surface area contributed by atoms with E-state index in [1.807, 2.05) is 6.92 Å². The number of rotatable bonds is 2. The van der Waals surface area contributed by atoms with Gasteiger partial charge in [0.05, 0.1) is 11.9 Å². The number of hydrogen-bond acceptors (Lipinski definition) is 4. The van der Waals surface area contributed by atoms with Crippen molar-refractivity contribution >= 4 is 0 Å². The molecular weight excluding hydrogens is 180 g/mol. The van der Waals surface area contributed by atoms with Gasteiger partial charge in [0.2, 0.25) is 0 Å². The highest BCUT2D eigenvalue weighted by atomic mass is 16.3. The Balaban J connectivity index is 2.26. The van der Waals surface area contributed by atoms with Crippen LogP contribution in [-0.2, 0) is 12.6 Å². The second-order valence-electron chi connectivity index (χ2n) is 4.08. The monoisotopic (exact) mass is 196 g/mol. The van der Waals surface area contributed by atoms with E-state index in [4.69, 9.17) is 0 Å². The fraction of sp³-hybridized carbons (Fsp3) is 0.778. The van der Waals surface area contributed by atoms with Gasteiger partial charge in [0.15, 0.2) is 0 Å². The number of aromatic nitrogens is 3. The van der Waals surface area contributed by atoms with Crippen LogP contribution in [0.15, 0.2) is 6.20 Å². The molecule has 1 fully saturated rings. The summed E-state index contributed by atoms with van der Waals surface area (Å²) in [5, 5.41) is 21.3. The van der Waals surface area contributed by atoms with Crippen LogP contribution in [0.1, 0.15) is 19.0 Å². The van der Waals surface area contributed by atoms with Crippen molar-refractivity contribution in [2.75, 3.05) is 13.1 Å². The number of nitrogens with one attached hydrogen (secondary N) is 1. The van der Waals surface area contributed by atoms with Crippen LogP contribution in [0.25, 0.3) is 0 Å². The summed E-state index contributed by atoms with van der Waals surface area (Å²) in [6, 6.07) is 0. The molecule has 2 rings (SSSR count). The summed E-state index contributed by atoms with van der Waals surface area (Å²) in [5.74, 6) is 0.250. The Labute approximate surface area is 83.1 Å². The summed E-state index contributed by atoms with van der Waals surface area (Å²) in [6.45, 7) is 3.67. The van der Waals surface area contributed by atoms with Gasteiger partial charge < -0.3 is 10.4 Å². The lowest BCUT2D eigenvalue weighted by molar-refractivity contribution is -0.00530. The van der Waals surface area contributed by atoms with Crippen LogP contribution < -0.4 is 5.32 Å². The van der Waals surface area contributed by atoms with E-state index >= 15 is 0 Å². The smallest absolute Gasteiger partial charge is 0.109 e. The lowest BCUT2D eigenvalue weighted by Crippen LogP contribution is -2.35. The van der Waals surface area contributed by atoms with Crippen molar-refractivity contribution in [3.05, 3.63) is 11.9 Å². The van der Waals surface area contributed by atoms with Crippen LogP contribution in [0, 0.1) is 5.92 Å². The maximum absolute atomic E-state index is 10.4. The summed E-state index contributed by atoms with van der Waals surface area (Å²) >= 11 is 0. The third kappa shape index (κ3) is 1.42. The van der Waals surface area contributed by atoms with Crippen molar-refractivity contribution in [1.82, 2.24) is 20.3 Å². The highest BCUT2D eigenvalue weighted by Crippen LogP contribution is 2.31. The molecular formula is C9H16N4O. The zero-order valence-corrected chi connectivity index (χ0v) is 8.56. The Kier molecular flexibility index (Phi) is 2.28. The molecule has 0 saturated carbocycles. The molecule has 78 valence electrons. The molecule has 1 saturated heterocycles. The van der Waals surface area contributed by atoms with Gasteiger partial charge in [-0.3, -0.25) is 0 Å². The normalized spacial score (nSPS) is 26.4. The number of hydrogen-bond donors (Lipinski definition) is 2. The third-order valence-electron chi connectivity index (χ3n) is 3.09. The Morgan fingerprint density at radius 2 is 2.50 bits per heavy atom. The minimum Gasteiger partial charge on any atom is -0.383 e. The molecule has 0 aliphatic carbocycles. The SMILES string of the molecule is Cn1nncc1C(C)(O)C1CCNC1. The second kappa shape index (κ2) is 3.33. The summed E-state index contributed by atoms with van der Waals surface area (Å²) in [5.41, 5.74) is -0.0481. The number of nitrogens with zero attached hydrogens (tertiary/aromatic N) is 3. The molecule has 0 spiro atoms. The predicted molar refractivity (Wildman–Crippen MR) is 51.6 cm³/mol. The Hall–Kier alpha value is -0.940. The van der Waals surface area contributed by atoms with Gasteiger partial charge in [-0.25, -0.2) is 4.68 Å². The van der Waals surface area contributed by atoms with E-state index in [2.05, 4.69) is 15.6 Å². The van der Waals surface area contributed by atoms with Gasteiger partial charge in [-0.2, -0.15) is 0 Å². The topological polar surface area (TPSA) is 63.0 Å². The van der Waals surface area contributed by atoms with E-state index in [-0.39, 0.29) is 5.92 Å². The largest absolute Gasteiger partial charge is 0.383 e. The quantitative estimate of drug-likeness (QED) is 0.677. The molecule has 2 atom stereocenters. The molecule has 1 aromatic heterocycles. The van der Waals surface area contributed by atoms with Gasteiger partial charge in [-0.1, -0.05) is 5.21 Å². The van der Waals surface area contributed by atoms with Crippen LogP contribution >= 0.6 is 0 Å². The van der Waals surface area contributed by atoms with Crippen LogP contribution in [0.2, 0.25) is 0 Å². The summed E-state index contributed by atoms with van der Waals surface area (Å²) in [7, 11) is 1.80. The van der Waals surface area contributed by atoms with E-state index in [0.717, 1.165) is 25.2 Å². The molecule has 1 aliphatic heterocycles. The molecule has 1 aliphatic rings. The summed E-state index contributed by atoms with van der Waals surface area (Å²) < 4.78 is 1.64.